The molecule has 1 saturated heterocycles. The Morgan fingerprint density at radius 1 is 1.35 bits per heavy atom. The van der Waals surface area contributed by atoms with Crippen LogP contribution in [0.3, 0.4) is 0 Å². The van der Waals surface area contributed by atoms with Gasteiger partial charge in [0.05, 0.1) is 5.54 Å². The van der Waals surface area contributed by atoms with E-state index in [1.165, 1.54) is 30.0 Å². The van der Waals surface area contributed by atoms with Crippen molar-refractivity contribution < 1.29 is 0 Å². The van der Waals surface area contributed by atoms with Crippen LogP contribution in [-0.2, 0) is 5.54 Å². The molecule has 1 aromatic carbocycles. The lowest BCUT2D eigenvalue weighted by atomic mass is 9.89. The van der Waals surface area contributed by atoms with Crippen molar-refractivity contribution in [3.63, 3.8) is 0 Å². The van der Waals surface area contributed by atoms with E-state index in [1.807, 2.05) is 0 Å². The molecule has 1 aliphatic heterocycles. The Morgan fingerprint density at radius 2 is 2.10 bits per heavy atom. The third-order valence-corrected chi connectivity index (χ3v) is 5.28. The van der Waals surface area contributed by atoms with E-state index in [0.29, 0.717) is 6.04 Å². The summed E-state index contributed by atoms with van der Waals surface area (Å²) in [6.45, 7) is 10.3. The molecule has 3 heteroatoms. The summed E-state index contributed by atoms with van der Waals surface area (Å²) in [6.07, 6.45) is 1.30. The Hall–Kier alpha value is -0.510. The largest absolute Gasteiger partial charge is 0.305 e. The third kappa shape index (κ3) is 4.00. The molecule has 20 heavy (non-hydrogen) atoms. The number of benzene rings is 1. The van der Waals surface area contributed by atoms with Gasteiger partial charge in [0.25, 0.3) is 0 Å². The molecule has 1 aliphatic rings. The summed E-state index contributed by atoms with van der Waals surface area (Å²) in [5.74, 6) is 2.51. The van der Waals surface area contributed by atoms with Crippen LogP contribution < -0.4 is 5.32 Å². The van der Waals surface area contributed by atoms with Crippen molar-refractivity contribution in [3.8, 4) is 0 Å². The predicted molar refractivity (Wildman–Crippen MR) is 90.4 cm³/mol. The fourth-order valence-corrected chi connectivity index (χ4v) is 3.77. The van der Waals surface area contributed by atoms with Crippen molar-refractivity contribution in [1.82, 2.24) is 10.2 Å². The van der Waals surface area contributed by atoms with Gasteiger partial charge >= 0.3 is 0 Å². The molecular formula is C17H28N2S. The van der Waals surface area contributed by atoms with Crippen LogP contribution in [0.5, 0.6) is 0 Å². The molecule has 0 aromatic heterocycles. The second-order valence-electron chi connectivity index (χ2n) is 5.93. The predicted octanol–water partition coefficient (Wildman–Crippen LogP) is 3.34. The number of rotatable bonds is 6. The number of hydrogen-bond donors (Lipinski definition) is 1. The average Bonchev–Trinajstić information content (AvgIpc) is 2.48. The molecule has 1 aromatic rings. The quantitative estimate of drug-likeness (QED) is 0.810. The number of hydrogen-bond acceptors (Lipinski definition) is 3. The summed E-state index contributed by atoms with van der Waals surface area (Å²) in [7, 11) is 0. The highest BCUT2D eigenvalue weighted by Crippen LogP contribution is 2.26. The molecule has 0 radical (unpaired) electrons. The van der Waals surface area contributed by atoms with Gasteiger partial charge < -0.3 is 5.32 Å². The number of nitrogens with zero attached hydrogens (tertiary/aromatic N) is 1. The minimum absolute atomic E-state index is 0.0890. The summed E-state index contributed by atoms with van der Waals surface area (Å²) >= 11 is 2.05. The van der Waals surface area contributed by atoms with Crippen molar-refractivity contribution in [2.45, 2.75) is 38.8 Å². The van der Waals surface area contributed by atoms with Crippen LogP contribution in [0.4, 0.5) is 0 Å². The maximum atomic E-state index is 3.72. The highest BCUT2D eigenvalue weighted by atomic mass is 32.2. The van der Waals surface area contributed by atoms with E-state index in [2.05, 4.69) is 73.1 Å². The molecule has 0 amide bonds. The molecule has 1 heterocycles. The fourth-order valence-electron chi connectivity index (χ4n) is 2.97. The first-order chi connectivity index (χ1) is 9.65. The third-order valence-electron chi connectivity index (χ3n) is 4.35. The molecule has 1 fully saturated rings. The van der Waals surface area contributed by atoms with E-state index in [9.17, 15) is 0 Å². The van der Waals surface area contributed by atoms with E-state index < -0.39 is 0 Å². The standard InChI is InChI=1S/C17H28N2S/c1-4-20-13-10-15(2)19-12-11-18-17(3,14-19)16-8-6-5-7-9-16/h5-9,15,18H,4,10-14H2,1-3H3. The molecule has 0 spiro atoms. The zero-order valence-corrected chi connectivity index (χ0v) is 13.9. The highest BCUT2D eigenvalue weighted by molar-refractivity contribution is 7.99. The van der Waals surface area contributed by atoms with Gasteiger partial charge in [0.1, 0.15) is 0 Å². The second kappa shape index (κ2) is 7.48. The van der Waals surface area contributed by atoms with Gasteiger partial charge in [-0.15, -0.1) is 0 Å². The smallest absolute Gasteiger partial charge is 0.0535 e. The van der Waals surface area contributed by atoms with Crippen molar-refractivity contribution >= 4 is 11.8 Å². The minimum Gasteiger partial charge on any atom is -0.305 e. The Labute approximate surface area is 128 Å². The average molecular weight is 292 g/mol. The van der Waals surface area contributed by atoms with Gasteiger partial charge in [-0.3, -0.25) is 4.90 Å². The zero-order chi connectivity index (χ0) is 14.4. The molecule has 2 rings (SSSR count). The summed E-state index contributed by atoms with van der Waals surface area (Å²) in [6, 6.07) is 11.5. The first kappa shape index (κ1) is 15.9. The minimum atomic E-state index is 0.0890. The van der Waals surface area contributed by atoms with E-state index in [4.69, 9.17) is 0 Å². The Morgan fingerprint density at radius 3 is 2.80 bits per heavy atom. The molecule has 2 atom stereocenters. The summed E-state index contributed by atoms with van der Waals surface area (Å²) in [5, 5.41) is 3.72. The zero-order valence-electron chi connectivity index (χ0n) is 13.1. The monoisotopic (exact) mass is 292 g/mol. The Balaban J connectivity index is 1.97. The molecule has 0 saturated carbocycles. The van der Waals surface area contributed by atoms with Crippen molar-refractivity contribution in [3.05, 3.63) is 35.9 Å². The number of thioether (sulfide) groups is 1. The molecule has 0 aliphatic carbocycles. The lowest BCUT2D eigenvalue weighted by Gasteiger charge is -2.44. The van der Waals surface area contributed by atoms with E-state index in [1.54, 1.807) is 0 Å². The molecular weight excluding hydrogens is 264 g/mol. The van der Waals surface area contributed by atoms with Crippen LogP contribution >= 0.6 is 11.8 Å². The van der Waals surface area contributed by atoms with Crippen LogP contribution in [0.1, 0.15) is 32.8 Å². The molecule has 112 valence electrons. The number of piperazine rings is 1. The highest BCUT2D eigenvalue weighted by Gasteiger charge is 2.33. The van der Waals surface area contributed by atoms with Gasteiger partial charge in [-0.05, 0) is 37.3 Å². The maximum absolute atomic E-state index is 3.72. The van der Waals surface area contributed by atoms with Crippen LogP contribution in [0, 0.1) is 0 Å². The Bertz CT molecular complexity index is 395. The van der Waals surface area contributed by atoms with Crippen LogP contribution in [0.25, 0.3) is 0 Å². The Kier molecular flexibility index (Phi) is 5.94. The topological polar surface area (TPSA) is 15.3 Å². The maximum Gasteiger partial charge on any atom is 0.0535 e. The first-order valence-electron chi connectivity index (χ1n) is 7.78. The lowest BCUT2D eigenvalue weighted by Crippen LogP contribution is -2.58. The fraction of sp³-hybridized carbons (Fsp3) is 0.647. The molecule has 0 bridgehead atoms. The summed E-state index contributed by atoms with van der Waals surface area (Å²) < 4.78 is 0. The van der Waals surface area contributed by atoms with Gasteiger partial charge in [0.15, 0.2) is 0 Å². The first-order valence-corrected chi connectivity index (χ1v) is 8.93. The molecule has 1 N–H and O–H groups in total. The van der Waals surface area contributed by atoms with E-state index in [0.717, 1.165) is 13.1 Å². The molecule has 2 nitrogen and oxygen atoms in total. The SMILES string of the molecule is CCSCCC(C)N1CCNC(C)(c2ccccc2)C1. The van der Waals surface area contributed by atoms with Crippen molar-refractivity contribution in [2.24, 2.45) is 0 Å². The van der Waals surface area contributed by atoms with Gasteiger partial charge in [-0.1, -0.05) is 37.3 Å². The van der Waals surface area contributed by atoms with Crippen molar-refractivity contribution in [2.75, 3.05) is 31.1 Å². The summed E-state index contributed by atoms with van der Waals surface area (Å²) in [5.41, 5.74) is 1.49. The molecule has 2 unspecified atom stereocenters. The van der Waals surface area contributed by atoms with Crippen LogP contribution in [0.2, 0.25) is 0 Å². The van der Waals surface area contributed by atoms with Crippen LogP contribution in [0.15, 0.2) is 30.3 Å². The van der Waals surface area contributed by atoms with Crippen LogP contribution in [-0.4, -0.2) is 42.1 Å². The van der Waals surface area contributed by atoms with Gasteiger partial charge in [-0.25, -0.2) is 0 Å². The normalized spacial score (nSPS) is 25.6. The summed E-state index contributed by atoms with van der Waals surface area (Å²) in [4.78, 5) is 2.65. The van der Waals surface area contributed by atoms with Gasteiger partial charge in [-0.2, -0.15) is 11.8 Å². The van der Waals surface area contributed by atoms with E-state index in [-0.39, 0.29) is 5.54 Å². The van der Waals surface area contributed by atoms with Gasteiger partial charge in [0.2, 0.25) is 0 Å². The second-order valence-corrected chi connectivity index (χ2v) is 7.32. The van der Waals surface area contributed by atoms with Crippen molar-refractivity contribution in [1.29, 1.82) is 0 Å². The van der Waals surface area contributed by atoms with E-state index >= 15 is 0 Å². The lowest BCUT2D eigenvalue weighted by molar-refractivity contribution is 0.105. The van der Waals surface area contributed by atoms with Gasteiger partial charge in [0, 0.05) is 25.7 Å². The number of nitrogens with one attached hydrogen (secondary N) is 1.